The third-order valence-electron chi connectivity index (χ3n) is 9.38. The predicted molar refractivity (Wildman–Crippen MR) is 95.3 cm³/mol. The molecule has 0 aromatic heterocycles. The molecule has 0 bridgehead atoms. The van der Waals surface area contributed by atoms with Gasteiger partial charge in [-0.25, -0.2) is 0 Å². The van der Waals surface area contributed by atoms with Gasteiger partial charge in [0.15, 0.2) is 0 Å². The average Bonchev–Trinajstić information content (AvgIpc) is 2.80. The molecule has 4 saturated carbocycles. The van der Waals surface area contributed by atoms with Gasteiger partial charge in [-0.2, -0.15) is 0 Å². The molecular weight excluding hydrogens is 298 g/mol. The van der Waals surface area contributed by atoms with Crippen LogP contribution < -0.4 is 5.73 Å². The molecule has 0 aromatic carbocycles. The topological polar surface area (TPSA) is 63.3 Å². The number of fused-ring (bicyclic) bond motifs is 5. The maximum atomic E-state index is 12.2. The zero-order valence-corrected chi connectivity index (χ0v) is 15.7. The van der Waals surface area contributed by atoms with E-state index in [9.17, 15) is 9.90 Å². The van der Waals surface area contributed by atoms with Gasteiger partial charge in [0.2, 0.25) is 0 Å². The van der Waals surface area contributed by atoms with Gasteiger partial charge in [0, 0.05) is 17.4 Å². The van der Waals surface area contributed by atoms with Crippen molar-refractivity contribution in [3.63, 3.8) is 0 Å². The molecule has 3 heteroatoms. The second-order valence-corrected chi connectivity index (χ2v) is 10.1. The van der Waals surface area contributed by atoms with E-state index in [0.717, 1.165) is 38.0 Å². The van der Waals surface area contributed by atoms with Crippen molar-refractivity contribution in [3.05, 3.63) is 0 Å². The highest BCUT2D eigenvalue weighted by Crippen LogP contribution is 2.68. The van der Waals surface area contributed by atoms with Crippen LogP contribution in [0, 0.1) is 34.5 Å². The van der Waals surface area contributed by atoms with Gasteiger partial charge >= 0.3 is 0 Å². The molecule has 0 heterocycles. The fourth-order valence-electron chi connectivity index (χ4n) is 7.91. The van der Waals surface area contributed by atoms with E-state index in [0.29, 0.717) is 23.3 Å². The van der Waals surface area contributed by atoms with Gasteiger partial charge < -0.3 is 10.8 Å². The Hall–Kier alpha value is -0.410. The van der Waals surface area contributed by atoms with Crippen LogP contribution in [-0.4, -0.2) is 22.5 Å². The van der Waals surface area contributed by atoms with Gasteiger partial charge in [0.25, 0.3) is 0 Å². The Kier molecular flexibility index (Phi) is 3.76. The van der Waals surface area contributed by atoms with Crippen molar-refractivity contribution in [1.29, 1.82) is 0 Å². The summed E-state index contributed by atoms with van der Waals surface area (Å²) < 4.78 is 0. The maximum absolute atomic E-state index is 12.2. The Balaban J connectivity index is 1.68. The molecule has 0 amide bonds. The van der Waals surface area contributed by atoms with E-state index in [1.54, 1.807) is 6.92 Å². The van der Waals surface area contributed by atoms with Crippen LogP contribution in [0.1, 0.15) is 78.6 Å². The standard InChI is InChI=1S/C21H35NO2/c1-13(23)16-8-11-21(24)18-5-4-14-12-15(22)6-9-19(14,2)17(18)7-10-20(16,21)3/h14-18,24H,4-12,22H2,1-3H3/t14-,15+,16+,17-,18+,19-,20+,21-/m0/s1. The summed E-state index contributed by atoms with van der Waals surface area (Å²) in [5.74, 6) is 2.09. The normalized spacial score (nSPS) is 57.0. The summed E-state index contributed by atoms with van der Waals surface area (Å²) in [5, 5.41) is 11.9. The zero-order chi connectivity index (χ0) is 17.3. The minimum absolute atomic E-state index is 0.0637. The summed E-state index contributed by atoms with van der Waals surface area (Å²) in [6.45, 7) is 6.44. The van der Waals surface area contributed by atoms with E-state index >= 15 is 0 Å². The van der Waals surface area contributed by atoms with E-state index < -0.39 is 5.60 Å². The van der Waals surface area contributed by atoms with Crippen LogP contribution in [0.4, 0.5) is 0 Å². The van der Waals surface area contributed by atoms with E-state index in [1.165, 1.54) is 25.7 Å². The molecule has 4 rings (SSSR count). The second kappa shape index (κ2) is 5.30. The van der Waals surface area contributed by atoms with E-state index in [1.807, 2.05) is 0 Å². The SMILES string of the molecule is CC(=O)[C@H]1CC[C@]2(O)[C@@H]3CC[C@H]4C[C@H](N)CC[C@]4(C)[C@H]3CC[C@]12C. The predicted octanol–water partition coefficient (Wildman–Crippen LogP) is 3.68. The number of rotatable bonds is 1. The maximum Gasteiger partial charge on any atom is 0.133 e. The molecule has 0 aliphatic heterocycles. The van der Waals surface area contributed by atoms with Gasteiger partial charge in [0.05, 0.1) is 5.60 Å². The highest BCUT2D eigenvalue weighted by Gasteiger charge is 2.67. The molecule has 4 fully saturated rings. The molecule has 0 saturated heterocycles. The first-order chi connectivity index (χ1) is 11.2. The Morgan fingerprint density at radius 2 is 1.75 bits per heavy atom. The largest absolute Gasteiger partial charge is 0.389 e. The lowest BCUT2D eigenvalue weighted by molar-refractivity contribution is -0.206. The molecular formula is C21H35NO2. The molecule has 136 valence electrons. The lowest BCUT2D eigenvalue weighted by Gasteiger charge is -2.63. The van der Waals surface area contributed by atoms with Gasteiger partial charge in [-0.15, -0.1) is 0 Å². The molecule has 24 heavy (non-hydrogen) atoms. The monoisotopic (exact) mass is 333 g/mol. The number of Topliss-reactive ketones (excluding diaryl/α,β-unsaturated/α-hetero) is 1. The van der Waals surface area contributed by atoms with Crippen LogP contribution in [0.15, 0.2) is 0 Å². The smallest absolute Gasteiger partial charge is 0.133 e. The van der Waals surface area contributed by atoms with Crippen LogP contribution in [0.5, 0.6) is 0 Å². The van der Waals surface area contributed by atoms with Crippen LogP contribution in [0.3, 0.4) is 0 Å². The van der Waals surface area contributed by atoms with Crippen molar-refractivity contribution in [2.75, 3.05) is 0 Å². The third kappa shape index (κ3) is 2.00. The highest BCUT2D eigenvalue weighted by molar-refractivity contribution is 5.80. The third-order valence-corrected chi connectivity index (χ3v) is 9.38. The van der Waals surface area contributed by atoms with Crippen LogP contribution in [0.25, 0.3) is 0 Å². The van der Waals surface area contributed by atoms with Gasteiger partial charge in [0.1, 0.15) is 5.78 Å². The molecule has 3 nitrogen and oxygen atoms in total. The number of hydrogen-bond donors (Lipinski definition) is 2. The Bertz CT molecular complexity index is 548. The lowest BCUT2D eigenvalue weighted by atomic mass is 9.43. The summed E-state index contributed by atoms with van der Waals surface area (Å²) in [4.78, 5) is 12.2. The quantitative estimate of drug-likeness (QED) is 0.769. The first-order valence-corrected chi connectivity index (χ1v) is 10.2. The van der Waals surface area contributed by atoms with E-state index in [4.69, 9.17) is 5.73 Å². The average molecular weight is 334 g/mol. The van der Waals surface area contributed by atoms with E-state index in [-0.39, 0.29) is 17.1 Å². The summed E-state index contributed by atoms with van der Waals surface area (Å²) in [6.07, 6.45) is 9.81. The summed E-state index contributed by atoms with van der Waals surface area (Å²) >= 11 is 0. The molecule has 4 aliphatic rings. The summed E-state index contributed by atoms with van der Waals surface area (Å²) in [6, 6.07) is 0.380. The second-order valence-electron chi connectivity index (χ2n) is 10.1. The highest BCUT2D eigenvalue weighted by atomic mass is 16.3. The van der Waals surface area contributed by atoms with Crippen LogP contribution >= 0.6 is 0 Å². The Morgan fingerprint density at radius 3 is 2.46 bits per heavy atom. The number of aliphatic hydroxyl groups is 1. The molecule has 3 N–H and O–H groups in total. The molecule has 0 aromatic rings. The fraction of sp³-hybridized carbons (Fsp3) is 0.952. The van der Waals surface area contributed by atoms with Gasteiger partial charge in [-0.1, -0.05) is 13.8 Å². The fourth-order valence-corrected chi connectivity index (χ4v) is 7.91. The molecule has 4 aliphatic carbocycles. The first kappa shape index (κ1) is 17.0. The number of ketones is 1. The Labute approximate surface area is 146 Å². The van der Waals surface area contributed by atoms with Crippen molar-refractivity contribution in [2.24, 2.45) is 40.2 Å². The van der Waals surface area contributed by atoms with Crippen LogP contribution in [0.2, 0.25) is 0 Å². The van der Waals surface area contributed by atoms with Crippen molar-refractivity contribution < 1.29 is 9.90 Å². The van der Waals surface area contributed by atoms with Crippen molar-refractivity contribution in [2.45, 2.75) is 90.2 Å². The molecule has 0 spiro atoms. The zero-order valence-electron chi connectivity index (χ0n) is 15.7. The van der Waals surface area contributed by atoms with Crippen LogP contribution in [-0.2, 0) is 4.79 Å². The summed E-state index contributed by atoms with van der Waals surface area (Å²) in [5.41, 5.74) is 5.79. The first-order valence-electron chi connectivity index (χ1n) is 10.2. The van der Waals surface area contributed by atoms with E-state index in [2.05, 4.69) is 13.8 Å². The minimum atomic E-state index is -0.625. The number of carbonyl (C=O) groups excluding carboxylic acids is 1. The lowest BCUT2D eigenvalue weighted by Crippen LogP contribution is -2.62. The van der Waals surface area contributed by atoms with Crippen molar-refractivity contribution in [3.8, 4) is 0 Å². The number of nitrogens with two attached hydrogens (primary N) is 1. The van der Waals surface area contributed by atoms with Gasteiger partial charge in [-0.05, 0) is 87.9 Å². The molecule has 0 unspecified atom stereocenters. The minimum Gasteiger partial charge on any atom is -0.389 e. The van der Waals surface area contributed by atoms with Gasteiger partial charge in [-0.3, -0.25) is 4.79 Å². The number of carbonyl (C=O) groups is 1. The molecule has 8 atom stereocenters. The number of hydrogen-bond acceptors (Lipinski definition) is 3. The van der Waals surface area contributed by atoms with Crippen molar-refractivity contribution in [1.82, 2.24) is 0 Å². The van der Waals surface area contributed by atoms with Crippen molar-refractivity contribution >= 4 is 5.78 Å². The Morgan fingerprint density at radius 1 is 1.00 bits per heavy atom. The summed E-state index contributed by atoms with van der Waals surface area (Å²) in [7, 11) is 0. The molecule has 0 radical (unpaired) electrons.